The van der Waals surface area contributed by atoms with Crippen molar-refractivity contribution in [3.8, 4) is 0 Å². The number of carbonyl (C=O) groups excluding carboxylic acids is 1. The van der Waals surface area contributed by atoms with Crippen molar-refractivity contribution in [2.45, 2.75) is 96.8 Å². The third kappa shape index (κ3) is 18.3. The Hall–Kier alpha value is -0.880. The van der Waals surface area contributed by atoms with E-state index in [-0.39, 0.29) is 24.0 Å². The number of rotatable bonds is 18. The summed E-state index contributed by atoms with van der Waals surface area (Å²) in [7, 11) is -2.45. The Kier molecular flexibility index (Phi) is 16.7. The summed E-state index contributed by atoms with van der Waals surface area (Å²) in [6.07, 6.45) is 20.0. The summed E-state index contributed by atoms with van der Waals surface area (Å²) in [5.74, 6) is -0.834. The molecule has 0 aliphatic carbocycles. The second kappa shape index (κ2) is 17.2. The van der Waals surface area contributed by atoms with E-state index in [0.29, 0.717) is 6.42 Å². The standard InChI is InChI=1S/C21H41NO4S/c1-3-4-5-6-7-8-9-10-11-12-13-14-15-16-17-20(21(23)22-2)18-19-27(24,25)26/h10-11,20H,3-9,12-19H2,1-2H3,(H,22,23)(H,24,25,26). The van der Waals surface area contributed by atoms with E-state index >= 15 is 0 Å². The van der Waals surface area contributed by atoms with Crippen molar-refractivity contribution >= 4 is 16.0 Å². The average Bonchev–Trinajstić information content (AvgIpc) is 2.63. The molecule has 27 heavy (non-hydrogen) atoms. The van der Waals surface area contributed by atoms with Gasteiger partial charge in [-0.05, 0) is 38.5 Å². The van der Waals surface area contributed by atoms with Gasteiger partial charge >= 0.3 is 0 Å². The minimum atomic E-state index is -4.01. The molecule has 0 saturated heterocycles. The lowest BCUT2D eigenvalue weighted by Crippen LogP contribution is -2.29. The van der Waals surface area contributed by atoms with Gasteiger partial charge in [0.05, 0.1) is 5.75 Å². The van der Waals surface area contributed by atoms with Gasteiger partial charge in [-0.1, -0.05) is 70.4 Å². The molecule has 0 aromatic heterocycles. The number of hydrogen-bond acceptors (Lipinski definition) is 3. The first kappa shape index (κ1) is 26.1. The minimum Gasteiger partial charge on any atom is -0.359 e. The van der Waals surface area contributed by atoms with Gasteiger partial charge in [0.2, 0.25) is 5.91 Å². The lowest BCUT2D eigenvalue weighted by atomic mass is 9.97. The first-order valence-corrected chi connectivity index (χ1v) is 12.3. The fraction of sp³-hybridized carbons (Fsp3) is 0.857. The monoisotopic (exact) mass is 403 g/mol. The van der Waals surface area contributed by atoms with E-state index < -0.39 is 10.1 Å². The van der Waals surface area contributed by atoms with Gasteiger partial charge in [-0.25, -0.2) is 0 Å². The second-order valence-electron chi connectivity index (χ2n) is 7.41. The summed E-state index contributed by atoms with van der Waals surface area (Å²) >= 11 is 0. The quantitative estimate of drug-likeness (QED) is 0.185. The number of allylic oxidation sites excluding steroid dienone is 2. The summed E-state index contributed by atoms with van der Waals surface area (Å²) in [5.41, 5.74) is 0. The highest BCUT2D eigenvalue weighted by Gasteiger charge is 2.19. The molecule has 5 nitrogen and oxygen atoms in total. The zero-order valence-corrected chi connectivity index (χ0v) is 18.2. The number of hydrogen-bond donors (Lipinski definition) is 2. The molecule has 0 aromatic carbocycles. The van der Waals surface area contributed by atoms with E-state index in [1.165, 1.54) is 44.9 Å². The Bertz CT molecular complexity index is 488. The molecule has 1 amide bonds. The van der Waals surface area contributed by atoms with Crippen molar-refractivity contribution in [1.29, 1.82) is 0 Å². The van der Waals surface area contributed by atoms with E-state index in [1.54, 1.807) is 7.05 Å². The topological polar surface area (TPSA) is 83.5 Å². The van der Waals surface area contributed by atoms with Gasteiger partial charge in [0.15, 0.2) is 0 Å². The summed E-state index contributed by atoms with van der Waals surface area (Å²) in [5, 5.41) is 2.58. The van der Waals surface area contributed by atoms with Gasteiger partial charge in [0.1, 0.15) is 0 Å². The number of amides is 1. The van der Waals surface area contributed by atoms with Crippen LogP contribution in [0, 0.1) is 5.92 Å². The smallest absolute Gasteiger partial charge is 0.264 e. The minimum absolute atomic E-state index is 0.142. The van der Waals surface area contributed by atoms with Gasteiger partial charge in [-0.15, -0.1) is 0 Å². The van der Waals surface area contributed by atoms with Crippen LogP contribution in [0.2, 0.25) is 0 Å². The summed E-state index contributed by atoms with van der Waals surface area (Å²) in [4.78, 5) is 11.8. The van der Waals surface area contributed by atoms with E-state index in [9.17, 15) is 13.2 Å². The zero-order valence-electron chi connectivity index (χ0n) is 17.4. The fourth-order valence-corrected chi connectivity index (χ4v) is 3.77. The van der Waals surface area contributed by atoms with Crippen molar-refractivity contribution in [2.75, 3.05) is 12.8 Å². The van der Waals surface area contributed by atoms with Crippen LogP contribution in [0.5, 0.6) is 0 Å². The maximum absolute atomic E-state index is 11.8. The molecule has 0 radical (unpaired) electrons. The van der Waals surface area contributed by atoms with Gasteiger partial charge < -0.3 is 5.32 Å². The second-order valence-corrected chi connectivity index (χ2v) is 8.98. The van der Waals surface area contributed by atoms with Crippen LogP contribution in [0.3, 0.4) is 0 Å². The Morgan fingerprint density at radius 3 is 1.93 bits per heavy atom. The highest BCUT2D eigenvalue weighted by molar-refractivity contribution is 7.85. The molecule has 0 aliphatic heterocycles. The van der Waals surface area contributed by atoms with Crippen LogP contribution in [0.4, 0.5) is 0 Å². The Balaban J connectivity index is 3.66. The van der Waals surface area contributed by atoms with Crippen molar-refractivity contribution in [3.63, 3.8) is 0 Å². The molecule has 0 spiro atoms. The Morgan fingerprint density at radius 2 is 1.41 bits per heavy atom. The molecule has 2 N–H and O–H groups in total. The molecule has 0 heterocycles. The van der Waals surface area contributed by atoms with Crippen molar-refractivity contribution in [2.24, 2.45) is 5.92 Å². The highest BCUT2D eigenvalue weighted by Crippen LogP contribution is 2.16. The van der Waals surface area contributed by atoms with Gasteiger partial charge in [0.25, 0.3) is 10.1 Å². The van der Waals surface area contributed by atoms with Crippen LogP contribution in [0.15, 0.2) is 12.2 Å². The molecule has 0 aliphatic rings. The lowest BCUT2D eigenvalue weighted by molar-refractivity contribution is -0.124. The summed E-state index contributed by atoms with van der Waals surface area (Å²) < 4.78 is 30.6. The third-order valence-electron chi connectivity index (χ3n) is 4.91. The van der Waals surface area contributed by atoms with Crippen LogP contribution < -0.4 is 5.32 Å². The first-order chi connectivity index (χ1) is 12.9. The van der Waals surface area contributed by atoms with Crippen molar-refractivity contribution in [1.82, 2.24) is 5.32 Å². The Labute approximate surface area is 167 Å². The molecule has 1 unspecified atom stereocenters. The normalized spacial score (nSPS) is 13.1. The van der Waals surface area contributed by atoms with E-state index in [2.05, 4.69) is 24.4 Å². The molecule has 160 valence electrons. The van der Waals surface area contributed by atoms with Crippen molar-refractivity contribution < 1.29 is 17.8 Å². The molecule has 1 atom stereocenters. The highest BCUT2D eigenvalue weighted by atomic mass is 32.2. The molecule has 0 fully saturated rings. The maximum atomic E-state index is 11.8. The molecule has 0 saturated carbocycles. The third-order valence-corrected chi connectivity index (χ3v) is 5.66. The number of nitrogens with one attached hydrogen (secondary N) is 1. The zero-order chi connectivity index (χ0) is 20.4. The summed E-state index contributed by atoms with van der Waals surface area (Å²) in [6.45, 7) is 2.24. The lowest BCUT2D eigenvalue weighted by Gasteiger charge is -2.14. The first-order valence-electron chi connectivity index (χ1n) is 10.7. The van der Waals surface area contributed by atoms with Crippen LogP contribution in [0.25, 0.3) is 0 Å². The van der Waals surface area contributed by atoms with Crippen molar-refractivity contribution in [3.05, 3.63) is 12.2 Å². The molecule has 6 heteroatoms. The molecule has 0 bridgehead atoms. The van der Waals surface area contributed by atoms with E-state index in [1.807, 2.05) is 0 Å². The Morgan fingerprint density at radius 1 is 0.889 bits per heavy atom. The van der Waals surface area contributed by atoms with Gasteiger partial charge in [0, 0.05) is 13.0 Å². The predicted molar refractivity (Wildman–Crippen MR) is 113 cm³/mol. The molecule has 0 aromatic rings. The van der Waals surface area contributed by atoms with Crippen LogP contribution in [-0.2, 0) is 14.9 Å². The number of carbonyl (C=O) groups is 1. The average molecular weight is 404 g/mol. The largest absolute Gasteiger partial charge is 0.359 e. The van der Waals surface area contributed by atoms with Crippen LogP contribution >= 0.6 is 0 Å². The van der Waals surface area contributed by atoms with E-state index in [0.717, 1.165) is 32.1 Å². The van der Waals surface area contributed by atoms with Crippen LogP contribution in [-0.4, -0.2) is 31.7 Å². The molecule has 0 rings (SSSR count). The maximum Gasteiger partial charge on any atom is 0.264 e. The molecular formula is C21H41NO4S. The van der Waals surface area contributed by atoms with Crippen LogP contribution in [0.1, 0.15) is 96.8 Å². The predicted octanol–water partition coefficient (Wildman–Crippen LogP) is 5.27. The van der Waals surface area contributed by atoms with Gasteiger partial charge in [-0.3, -0.25) is 9.35 Å². The molecular weight excluding hydrogens is 362 g/mol. The number of unbranched alkanes of at least 4 members (excludes halogenated alkanes) is 10. The SMILES string of the molecule is CCCCCCCCC=CCCCCCCC(CCS(=O)(=O)O)C(=O)NC. The fourth-order valence-electron chi connectivity index (χ4n) is 3.19. The summed E-state index contributed by atoms with van der Waals surface area (Å²) in [6, 6.07) is 0. The van der Waals surface area contributed by atoms with E-state index in [4.69, 9.17) is 4.55 Å². The van der Waals surface area contributed by atoms with Gasteiger partial charge in [-0.2, -0.15) is 8.42 Å².